The summed E-state index contributed by atoms with van der Waals surface area (Å²) in [5.41, 5.74) is 4.69. The van der Waals surface area contributed by atoms with E-state index in [2.05, 4.69) is 45.0 Å². The average Bonchev–Trinajstić information content (AvgIpc) is 3.12. The number of carbonyl (C=O) groups is 1. The molecule has 4 rings (SSSR count). The first kappa shape index (κ1) is 20.3. The molecule has 31 heavy (non-hydrogen) atoms. The normalized spacial score (nSPS) is 11.6. The molecule has 4 aromatic rings. The van der Waals surface area contributed by atoms with Crippen molar-refractivity contribution in [1.82, 2.24) is 4.57 Å². The molecule has 156 valence electrons. The van der Waals surface area contributed by atoms with Crippen molar-refractivity contribution >= 4 is 22.6 Å². The number of aromatic carboxylic acids is 1. The van der Waals surface area contributed by atoms with Crippen molar-refractivity contribution in [2.45, 2.75) is 26.2 Å². The highest BCUT2D eigenvalue weighted by molar-refractivity contribution is 5.97. The van der Waals surface area contributed by atoms with Gasteiger partial charge in [0.25, 0.3) is 5.69 Å². The fraction of sp³-hybridized carbons (Fsp3) is 0.160. The lowest BCUT2D eigenvalue weighted by molar-refractivity contribution is -0.384. The van der Waals surface area contributed by atoms with Gasteiger partial charge in [-0.1, -0.05) is 51.1 Å². The van der Waals surface area contributed by atoms with Crippen molar-refractivity contribution in [3.63, 3.8) is 0 Å². The van der Waals surface area contributed by atoms with E-state index in [9.17, 15) is 20.0 Å². The van der Waals surface area contributed by atoms with Crippen LogP contribution in [0.3, 0.4) is 0 Å². The lowest BCUT2D eigenvalue weighted by Crippen LogP contribution is -2.10. The van der Waals surface area contributed by atoms with E-state index in [4.69, 9.17) is 0 Å². The van der Waals surface area contributed by atoms with Gasteiger partial charge in [0.2, 0.25) is 0 Å². The first-order valence-electron chi connectivity index (χ1n) is 9.90. The number of benzene rings is 3. The van der Waals surface area contributed by atoms with Crippen molar-refractivity contribution in [2.75, 3.05) is 0 Å². The first-order valence-corrected chi connectivity index (χ1v) is 9.90. The zero-order valence-corrected chi connectivity index (χ0v) is 17.5. The Morgan fingerprint density at radius 3 is 2.06 bits per heavy atom. The molecular weight excluding hydrogens is 392 g/mol. The van der Waals surface area contributed by atoms with E-state index in [0.29, 0.717) is 5.69 Å². The lowest BCUT2D eigenvalue weighted by Gasteiger charge is -2.19. The molecule has 0 amide bonds. The second-order valence-corrected chi connectivity index (χ2v) is 8.54. The number of nitro groups is 1. The molecule has 0 aliphatic heterocycles. The number of nitrogens with zero attached hydrogens (tertiary/aromatic N) is 2. The third-order valence-corrected chi connectivity index (χ3v) is 5.42. The number of non-ortho nitro benzene ring substituents is 1. The Bertz CT molecular complexity index is 1290. The standard InChI is InChI=1S/C25H22N2O4/c1-25(2,3)19-7-4-16(5-8-19)17-6-13-22-18(14-17)15-23(24(28)29)26(22)20-9-11-21(12-10-20)27(30)31/h4-15H,1-3H3,(H,28,29). The molecule has 6 nitrogen and oxygen atoms in total. The van der Waals surface area contributed by atoms with Gasteiger partial charge in [-0.05, 0) is 52.4 Å². The predicted molar refractivity (Wildman–Crippen MR) is 121 cm³/mol. The summed E-state index contributed by atoms with van der Waals surface area (Å²) in [5.74, 6) is -1.06. The lowest BCUT2D eigenvalue weighted by atomic mass is 9.86. The third-order valence-electron chi connectivity index (χ3n) is 5.42. The number of hydrogen-bond donors (Lipinski definition) is 1. The van der Waals surface area contributed by atoms with E-state index >= 15 is 0 Å². The molecule has 0 bridgehead atoms. The smallest absolute Gasteiger partial charge is 0.352 e. The fourth-order valence-corrected chi connectivity index (χ4v) is 3.72. The summed E-state index contributed by atoms with van der Waals surface area (Å²) in [5, 5.41) is 21.5. The Hall–Kier alpha value is -3.93. The second-order valence-electron chi connectivity index (χ2n) is 8.54. The summed E-state index contributed by atoms with van der Waals surface area (Å²) in [6.07, 6.45) is 0. The van der Waals surface area contributed by atoms with Crippen molar-refractivity contribution in [3.8, 4) is 16.8 Å². The van der Waals surface area contributed by atoms with Crippen LogP contribution in [0, 0.1) is 10.1 Å². The molecule has 0 spiro atoms. The summed E-state index contributed by atoms with van der Waals surface area (Å²) >= 11 is 0. The fourth-order valence-electron chi connectivity index (χ4n) is 3.72. The topological polar surface area (TPSA) is 85.4 Å². The molecule has 0 atom stereocenters. The maximum absolute atomic E-state index is 11.9. The van der Waals surface area contributed by atoms with E-state index < -0.39 is 10.9 Å². The van der Waals surface area contributed by atoms with Crippen LogP contribution in [0.4, 0.5) is 5.69 Å². The molecule has 0 saturated carbocycles. The maximum Gasteiger partial charge on any atom is 0.352 e. The molecule has 0 aliphatic carbocycles. The third kappa shape index (κ3) is 3.80. The summed E-state index contributed by atoms with van der Waals surface area (Å²) < 4.78 is 1.61. The van der Waals surface area contributed by atoms with Crippen molar-refractivity contribution < 1.29 is 14.8 Å². The number of fused-ring (bicyclic) bond motifs is 1. The van der Waals surface area contributed by atoms with Crippen LogP contribution in [0.1, 0.15) is 36.8 Å². The Labute approximate surface area is 179 Å². The van der Waals surface area contributed by atoms with E-state index in [1.54, 1.807) is 22.8 Å². The molecule has 0 unspecified atom stereocenters. The minimum Gasteiger partial charge on any atom is -0.477 e. The van der Waals surface area contributed by atoms with Crippen LogP contribution in [-0.2, 0) is 5.41 Å². The predicted octanol–water partition coefficient (Wildman–Crippen LogP) is 6.20. The van der Waals surface area contributed by atoms with E-state index in [-0.39, 0.29) is 16.8 Å². The number of aromatic nitrogens is 1. The minimum atomic E-state index is -1.06. The highest BCUT2D eigenvalue weighted by atomic mass is 16.6. The molecule has 1 heterocycles. The Balaban J connectivity index is 1.81. The van der Waals surface area contributed by atoms with E-state index in [0.717, 1.165) is 22.0 Å². The van der Waals surface area contributed by atoms with Gasteiger partial charge in [0.1, 0.15) is 5.69 Å². The van der Waals surface area contributed by atoms with Gasteiger partial charge in [-0.2, -0.15) is 0 Å². The zero-order valence-electron chi connectivity index (χ0n) is 17.5. The van der Waals surface area contributed by atoms with Gasteiger partial charge in [0.15, 0.2) is 0 Å². The molecule has 0 radical (unpaired) electrons. The van der Waals surface area contributed by atoms with Gasteiger partial charge >= 0.3 is 5.97 Å². The number of carboxylic acid groups (broad SMARTS) is 1. The van der Waals surface area contributed by atoms with E-state index in [1.807, 2.05) is 18.2 Å². The zero-order chi connectivity index (χ0) is 22.3. The molecule has 0 fully saturated rings. The number of nitro benzene ring substituents is 1. The Kier molecular flexibility index (Phi) is 4.85. The van der Waals surface area contributed by atoms with Gasteiger partial charge in [0.05, 0.1) is 10.4 Å². The van der Waals surface area contributed by atoms with Gasteiger partial charge in [-0.15, -0.1) is 0 Å². The summed E-state index contributed by atoms with van der Waals surface area (Å²) in [6, 6.07) is 21.7. The quantitative estimate of drug-likeness (QED) is 0.318. The van der Waals surface area contributed by atoms with E-state index in [1.165, 1.54) is 17.7 Å². The second kappa shape index (κ2) is 7.40. The maximum atomic E-state index is 11.9. The summed E-state index contributed by atoms with van der Waals surface area (Å²) in [6.45, 7) is 6.51. The average molecular weight is 414 g/mol. The van der Waals surface area contributed by atoms with Crippen LogP contribution in [0.2, 0.25) is 0 Å². The molecule has 3 aromatic carbocycles. The molecule has 0 aliphatic rings. The largest absolute Gasteiger partial charge is 0.477 e. The van der Waals surface area contributed by atoms with Crippen LogP contribution in [0.25, 0.3) is 27.7 Å². The summed E-state index contributed by atoms with van der Waals surface area (Å²) in [7, 11) is 0. The Morgan fingerprint density at radius 2 is 1.52 bits per heavy atom. The Morgan fingerprint density at radius 1 is 0.903 bits per heavy atom. The van der Waals surface area contributed by atoms with Crippen LogP contribution >= 0.6 is 0 Å². The highest BCUT2D eigenvalue weighted by Gasteiger charge is 2.18. The van der Waals surface area contributed by atoms with Gasteiger partial charge in [-0.3, -0.25) is 10.1 Å². The molecule has 6 heteroatoms. The molecule has 0 saturated heterocycles. The van der Waals surface area contributed by atoms with Gasteiger partial charge in [-0.25, -0.2) is 4.79 Å². The van der Waals surface area contributed by atoms with Crippen molar-refractivity contribution in [3.05, 3.63) is 94.2 Å². The number of carboxylic acids is 1. The van der Waals surface area contributed by atoms with Gasteiger partial charge in [0, 0.05) is 23.2 Å². The molecular formula is C25H22N2O4. The first-order chi connectivity index (χ1) is 14.6. The van der Waals surface area contributed by atoms with Crippen molar-refractivity contribution in [2.24, 2.45) is 0 Å². The van der Waals surface area contributed by atoms with Crippen LogP contribution in [0.5, 0.6) is 0 Å². The SMILES string of the molecule is CC(C)(C)c1ccc(-c2ccc3c(c2)cc(C(=O)O)n3-c2ccc([N+](=O)[O-])cc2)cc1. The van der Waals surface area contributed by atoms with Crippen LogP contribution in [-0.4, -0.2) is 20.6 Å². The highest BCUT2D eigenvalue weighted by Crippen LogP contribution is 2.31. The van der Waals surface area contributed by atoms with Crippen LogP contribution < -0.4 is 0 Å². The van der Waals surface area contributed by atoms with Crippen molar-refractivity contribution in [1.29, 1.82) is 0 Å². The molecule has 1 aromatic heterocycles. The number of hydrogen-bond acceptors (Lipinski definition) is 3. The van der Waals surface area contributed by atoms with Crippen LogP contribution in [0.15, 0.2) is 72.8 Å². The molecule has 1 N–H and O–H groups in total. The minimum absolute atomic E-state index is 0.0434. The van der Waals surface area contributed by atoms with Gasteiger partial charge < -0.3 is 9.67 Å². The summed E-state index contributed by atoms with van der Waals surface area (Å²) in [4.78, 5) is 22.4. The monoisotopic (exact) mass is 414 g/mol. The number of rotatable bonds is 4.